The summed E-state index contributed by atoms with van der Waals surface area (Å²) in [5.41, 5.74) is 5.53. The molecule has 0 aliphatic carbocycles. The smallest absolute Gasteiger partial charge is 0.251 e. The van der Waals surface area contributed by atoms with Gasteiger partial charge in [0.1, 0.15) is 11.9 Å². The summed E-state index contributed by atoms with van der Waals surface area (Å²) in [4.78, 5) is 29.5. The third kappa shape index (κ3) is 4.49. The van der Waals surface area contributed by atoms with Crippen molar-refractivity contribution in [3.05, 3.63) is 22.8 Å². The second kappa shape index (κ2) is 7.66. The van der Waals surface area contributed by atoms with Crippen LogP contribution in [-0.4, -0.2) is 54.0 Å². The van der Waals surface area contributed by atoms with Crippen LogP contribution < -0.4 is 11.1 Å². The molecule has 2 rings (SSSR count). The number of likely N-dealkylation sites (N-methyl/N-ethyl adjacent to an activating group) is 1. The van der Waals surface area contributed by atoms with E-state index < -0.39 is 6.10 Å². The maximum absolute atomic E-state index is 12.2. The second-order valence-corrected chi connectivity index (χ2v) is 6.08. The van der Waals surface area contributed by atoms with Crippen molar-refractivity contribution in [3.63, 3.8) is 0 Å². The van der Waals surface area contributed by atoms with E-state index in [0.717, 1.165) is 10.9 Å². The van der Waals surface area contributed by atoms with Gasteiger partial charge < -0.3 is 20.7 Å². The van der Waals surface area contributed by atoms with E-state index in [1.54, 1.807) is 25.4 Å². The number of amides is 2. The average molecular weight is 371 g/mol. The predicted molar refractivity (Wildman–Crippen MR) is 85.2 cm³/mol. The van der Waals surface area contributed by atoms with Crippen molar-refractivity contribution in [2.24, 2.45) is 5.73 Å². The fraction of sp³-hybridized carbons (Fsp3) is 0.500. The van der Waals surface area contributed by atoms with Crippen molar-refractivity contribution in [1.82, 2.24) is 9.88 Å². The first-order valence-electron chi connectivity index (χ1n) is 7.01. The average Bonchev–Trinajstić information content (AvgIpc) is 2.97. The molecule has 0 saturated carbocycles. The molecule has 120 valence electrons. The van der Waals surface area contributed by atoms with Gasteiger partial charge in [-0.15, -0.1) is 0 Å². The Morgan fingerprint density at radius 3 is 2.86 bits per heavy atom. The van der Waals surface area contributed by atoms with Crippen molar-refractivity contribution < 1.29 is 14.3 Å². The molecule has 1 aliphatic rings. The van der Waals surface area contributed by atoms with Gasteiger partial charge in [-0.2, -0.15) is 0 Å². The summed E-state index contributed by atoms with van der Waals surface area (Å²) in [6.45, 7) is 0.354. The van der Waals surface area contributed by atoms with Gasteiger partial charge in [-0.3, -0.25) is 9.59 Å². The number of ether oxygens (including phenoxy) is 1. The number of carbonyl (C=O) groups excluding carboxylic acids is 2. The summed E-state index contributed by atoms with van der Waals surface area (Å²) in [5, 5.41) is 2.64. The summed E-state index contributed by atoms with van der Waals surface area (Å²) in [5.74, 6) is -0.0664. The summed E-state index contributed by atoms with van der Waals surface area (Å²) in [6, 6.07) is 3.45. The molecule has 2 atom stereocenters. The molecule has 8 heteroatoms. The number of hydrogen-bond acceptors (Lipinski definition) is 5. The number of nitrogens with two attached hydrogens (primary N) is 1. The minimum atomic E-state index is -0.503. The van der Waals surface area contributed by atoms with E-state index in [1.165, 1.54) is 4.90 Å². The monoisotopic (exact) mass is 370 g/mol. The zero-order chi connectivity index (χ0) is 16.1. The first kappa shape index (κ1) is 16.9. The Bertz CT molecular complexity index is 537. The largest absolute Gasteiger partial charge is 0.364 e. The zero-order valence-corrected chi connectivity index (χ0v) is 13.9. The van der Waals surface area contributed by atoms with Crippen LogP contribution in [0.15, 0.2) is 22.8 Å². The number of pyridine rings is 1. The molecule has 0 radical (unpaired) electrons. The lowest BCUT2D eigenvalue weighted by Crippen LogP contribution is -2.41. The Balaban J connectivity index is 1.83. The first-order valence-corrected chi connectivity index (χ1v) is 7.81. The van der Waals surface area contributed by atoms with E-state index in [1.807, 2.05) is 0 Å². The second-order valence-electron chi connectivity index (χ2n) is 5.16. The van der Waals surface area contributed by atoms with Gasteiger partial charge in [-0.1, -0.05) is 0 Å². The lowest BCUT2D eigenvalue weighted by molar-refractivity contribution is -0.143. The third-order valence-electron chi connectivity index (χ3n) is 3.40. The van der Waals surface area contributed by atoms with Gasteiger partial charge in [-0.05, 0) is 40.9 Å². The van der Waals surface area contributed by atoms with E-state index in [9.17, 15) is 9.59 Å². The fourth-order valence-corrected chi connectivity index (χ4v) is 2.47. The summed E-state index contributed by atoms with van der Waals surface area (Å²) < 4.78 is 6.37. The van der Waals surface area contributed by atoms with Crippen LogP contribution in [0.1, 0.15) is 12.8 Å². The quantitative estimate of drug-likeness (QED) is 0.796. The molecule has 3 N–H and O–H groups in total. The van der Waals surface area contributed by atoms with Gasteiger partial charge in [0.15, 0.2) is 0 Å². The van der Waals surface area contributed by atoms with Gasteiger partial charge >= 0.3 is 0 Å². The SMILES string of the molecule is CN(CC(=O)Nc1ccc(Br)cn1)C(=O)[C@@H]1CC[C@H](CN)O1. The van der Waals surface area contributed by atoms with E-state index in [-0.39, 0.29) is 24.5 Å². The molecule has 0 spiro atoms. The van der Waals surface area contributed by atoms with Crippen molar-refractivity contribution in [2.75, 3.05) is 25.5 Å². The summed E-state index contributed by atoms with van der Waals surface area (Å²) in [7, 11) is 1.58. The molecule has 1 fully saturated rings. The number of carbonyl (C=O) groups is 2. The van der Waals surface area contributed by atoms with E-state index >= 15 is 0 Å². The highest BCUT2D eigenvalue weighted by atomic mass is 79.9. The molecule has 2 heterocycles. The van der Waals surface area contributed by atoms with Crippen LogP contribution in [0.2, 0.25) is 0 Å². The first-order chi connectivity index (χ1) is 10.5. The number of aromatic nitrogens is 1. The number of hydrogen-bond donors (Lipinski definition) is 2. The molecule has 2 amide bonds. The number of nitrogens with zero attached hydrogens (tertiary/aromatic N) is 2. The molecule has 1 saturated heterocycles. The maximum Gasteiger partial charge on any atom is 0.251 e. The molecule has 1 aromatic rings. The van der Waals surface area contributed by atoms with Gasteiger partial charge in [0.2, 0.25) is 5.91 Å². The van der Waals surface area contributed by atoms with E-state index in [2.05, 4.69) is 26.2 Å². The van der Waals surface area contributed by atoms with Gasteiger partial charge in [0, 0.05) is 24.3 Å². The van der Waals surface area contributed by atoms with Crippen LogP contribution in [0.3, 0.4) is 0 Å². The van der Waals surface area contributed by atoms with Crippen LogP contribution in [0.4, 0.5) is 5.82 Å². The standard InChI is InChI=1S/C14H19BrN4O3/c1-19(14(21)11-4-3-10(6-16)22-11)8-13(20)18-12-5-2-9(15)7-17-12/h2,5,7,10-11H,3-4,6,8,16H2,1H3,(H,17,18,20)/t10-,11+/m1/s1. The third-order valence-corrected chi connectivity index (χ3v) is 3.87. The molecule has 1 aliphatic heterocycles. The van der Waals surface area contributed by atoms with Crippen LogP contribution >= 0.6 is 15.9 Å². The minimum absolute atomic E-state index is 0.0519. The highest BCUT2D eigenvalue weighted by Gasteiger charge is 2.32. The van der Waals surface area contributed by atoms with E-state index in [4.69, 9.17) is 10.5 Å². The lowest BCUT2D eigenvalue weighted by Gasteiger charge is -2.20. The summed E-state index contributed by atoms with van der Waals surface area (Å²) in [6.07, 6.45) is 2.43. The van der Waals surface area contributed by atoms with Crippen LogP contribution in [0.25, 0.3) is 0 Å². The molecule has 22 heavy (non-hydrogen) atoms. The normalized spacial score (nSPS) is 20.7. The topological polar surface area (TPSA) is 97.6 Å². The van der Waals surface area contributed by atoms with Gasteiger partial charge in [0.05, 0.1) is 12.6 Å². The molecule has 0 unspecified atom stereocenters. The number of nitrogens with one attached hydrogen (secondary N) is 1. The molecule has 1 aromatic heterocycles. The van der Waals surface area contributed by atoms with Crippen LogP contribution in [-0.2, 0) is 14.3 Å². The predicted octanol–water partition coefficient (Wildman–Crippen LogP) is 0.747. The molecule has 7 nitrogen and oxygen atoms in total. The van der Waals surface area contributed by atoms with Gasteiger partial charge in [0.25, 0.3) is 5.91 Å². The number of rotatable bonds is 5. The van der Waals surface area contributed by atoms with Crippen molar-refractivity contribution in [3.8, 4) is 0 Å². The Morgan fingerprint density at radius 1 is 1.50 bits per heavy atom. The summed E-state index contributed by atoms with van der Waals surface area (Å²) >= 11 is 3.27. The van der Waals surface area contributed by atoms with Gasteiger partial charge in [-0.25, -0.2) is 4.98 Å². The lowest BCUT2D eigenvalue weighted by atomic mass is 10.2. The number of anilines is 1. The number of halogens is 1. The van der Waals surface area contributed by atoms with Crippen molar-refractivity contribution in [2.45, 2.75) is 25.0 Å². The molecule has 0 aromatic carbocycles. The van der Waals surface area contributed by atoms with Crippen molar-refractivity contribution >= 4 is 33.6 Å². The Kier molecular flexibility index (Phi) is 5.87. The van der Waals surface area contributed by atoms with Crippen LogP contribution in [0.5, 0.6) is 0 Å². The van der Waals surface area contributed by atoms with Crippen molar-refractivity contribution in [1.29, 1.82) is 0 Å². The Hall–Kier alpha value is -1.51. The molecular weight excluding hydrogens is 352 g/mol. The minimum Gasteiger partial charge on any atom is -0.364 e. The highest BCUT2D eigenvalue weighted by Crippen LogP contribution is 2.20. The Morgan fingerprint density at radius 2 is 2.27 bits per heavy atom. The molecular formula is C14H19BrN4O3. The Labute approximate surface area is 137 Å². The molecule has 0 bridgehead atoms. The maximum atomic E-state index is 12.2. The fourth-order valence-electron chi connectivity index (χ4n) is 2.23. The van der Waals surface area contributed by atoms with Crippen LogP contribution in [0, 0.1) is 0 Å². The zero-order valence-electron chi connectivity index (χ0n) is 12.3. The highest BCUT2D eigenvalue weighted by molar-refractivity contribution is 9.10. The van der Waals surface area contributed by atoms with E-state index in [0.29, 0.717) is 18.8 Å².